The number of nitrogens with one attached hydrogen (secondary N) is 2. The minimum Gasteiger partial charge on any atom is -0.496 e. The fourth-order valence-corrected chi connectivity index (χ4v) is 2.85. The second-order valence-corrected chi connectivity index (χ2v) is 6.02. The van der Waals surface area contributed by atoms with Crippen LogP contribution in [0.25, 0.3) is 0 Å². The highest BCUT2D eigenvalue weighted by molar-refractivity contribution is 9.10. The van der Waals surface area contributed by atoms with Gasteiger partial charge in [0.15, 0.2) is 0 Å². The molecule has 1 aromatic carbocycles. The average molecular weight is 341 g/mol. The molecule has 2 rings (SSSR count). The van der Waals surface area contributed by atoms with Gasteiger partial charge in [0.2, 0.25) is 0 Å². The van der Waals surface area contributed by atoms with E-state index in [1.807, 2.05) is 6.07 Å². The van der Waals surface area contributed by atoms with Gasteiger partial charge in [-0.25, -0.2) is 0 Å². The largest absolute Gasteiger partial charge is 0.496 e. The van der Waals surface area contributed by atoms with E-state index in [-0.39, 0.29) is 5.91 Å². The van der Waals surface area contributed by atoms with Crippen molar-refractivity contribution in [1.29, 1.82) is 0 Å². The Morgan fingerprint density at radius 1 is 1.55 bits per heavy atom. The molecule has 1 aromatic rings. The number of piperidine rings is 1. The molecule has 4 nitrogen and oxygen atoms in total. The first-order valence-electron chi connectivity index (χ1n) is 7.03. The molecular weight excluding hydrogens is 320 g/mol. The standard InChI is InChI=1S/C15H21BrN2O2/c1-20-14-9-12(16)4-5-13(14)15(19)18-8-6-11-3-2-7-17-10-11/h4-5,9,11,17H,2-3,6-8,10H2,1H3,(H,18,19). The summed E-state index contributed by atoms with van der Waals surface area (Å²) in [6.45, 7) is 2.90. The molecule has 1 amide bonds. The van der Waals surface area contributed by atoms with Gasteiger partial charge in [0.05, 0.1) is 12.7 Å². The molecule has 5 heteroatoms. The van der Waals surface area contributed by atoms with E-state index in [2.05, 4.69) is 26.6 Å². The molecule has 110 valence electrons. The third-order valence-corrected chi connectivity index (χ3v) is 4.14. The van der Waals surface area contributed by atoms with Crippen molar-refractivity contribution in [3.8, 4) is 5.75 Å². The van der Waals surface area contributed by atoms with Gasteiger partial charge in [-0.3, -0.25) is 4.79 Å². The minimum atomic E-state index is -0.0712. The third-order valence-electron chi connectivity index (χ3n) is 3.65. The third kappa shape index (κ3) is 4.21. The molecule has 0 radical (unpaired) electrons. The monoisotopic (exact) mass is 340 g/mol. The quantitative estimate of drug-likeness (QED) is 0.866. The molecular formula is C15H21BrN2O2. The number of hydrogen-bond donors (Lipinski definition) is 2. The summed E-state index contributed by atoms with van der Waals surface area (Å²) >= 11 is 3.37. The van der Waals surface area contributed by atoms with Crippen LogP contribution in [0.15, 0.2) is 22.7 Å². The molecule has 1 saturated heterocycles. The number of carbonyl (C=O) groups excluding carboxylic acids is 1. The van der Waals surface area contributed by atoms with Gasteiger partial charge in [-0.05, 0) is 56.5 Å². The van der Waals surface area contributed by atoms with E-state index in [0.29, 0.717) is 23.8 Å². The summed E-state index contributed by atoms with van der Waals surface area (Å²) in [6.07, 6.45) is 3.52. The number of ether oxygens (including phenoxy) is 1. The molecule has 0 bridgehead atoms. The van der Waals surface area contributed by atoms with Crippen molar-refractivity contribution in [2.75, 3.05) is 26.7 Å². The summed E-state index contributed by atoms with van der Waals surface area (Å²) in [5.41, 5.74) is 0.581. The molecule has 1 atom stereocenters. The highest BCUT2D eigenvalue weighted by Gasteiger charge is 2.15. The number of rotatable bonds is 5. The molecule has 20 heavy (non-hydrogen) atoms. The van der Waals surface area contributed by atoms with Crippen molar-refractivity contribution >= 4 is 21.8 Å². The van der Waals surface area contributed by atoms with Crippen LogP contribution in [0.3, 0.4) is 0 Å². The Labute approximate surface area is 128 Å². The van der Waals surface area contributed by atoms with Gasteiger partial charge in [-0.2, -0.15) is 0 Å². The van der Waals surface area contributed by atoms with Gasteiger partial charge < -0.3 is 15.4 Å². The summed E-state index contributed by atoms with van der Waals surface area (Å²) in [4.78, 5) is 12.2. The zero-order valence-electron chi connectivity index (χ0n) is 11.7. The molecule has 1 fully saturated rings. The molecule has 0 aromatic heterocycles. The maximum Gasteiger partial charge on any atom is 0.255 e. The Hall–Kier alpha value is -1.07. The summed E-state index contributed by atoms with van der Waals surface area (Å²) in [7, 11) is 1.58. The number of carbonyl (C=O) groups is 1. The number of amides is 1. The van der Waals surface area contributed by atoms with E-state index in [9.17, 15) is 4.79 Å². The van der Waals surface area contributed by atoms with E-state index in [4.69, 9.17) is 4.74 Å². The Morgan fingerprint density at radius 3 is 3.10 bits per heavy atom. The molecule has 1 aliphatic rings. The Morgan fingerprint density at radius 2 is 2.40 bits per heavy atom. The first kappa shape index (κ1) is 15.3. The summed E-state index contributed by atoms with van der Waals surface area (Å²) in [6, 6.07) is 5.43. The van der Waals surface area contributed by atoms with Crippen LogP contribution in [0, 0.1) is 5.92 Å². The van der Waals surface area contributed by atoms with Crippen LogP contribution in [0.5, 0.6) is 5.75 Å². The SMILES string of the molecule is COc1cc(Br)ccc1C(=O)NCCC1CCCNC1. The van der Waals surface area contributed by atoms with E-state index < -0.39 is 0 Å². The number of methoxy groups -OCH3 is 1. The Bertz CT molecular complexity index is 459. The number of halogens is 1. The van der Waals surface area contributed by atoms with Gasteiger partial charge in [-0.1, -0.05) is 15.9 Å². The maximum absolute atomic E-state index is 12.2. The Balaban J connectivity index is 1.85. The lowest BCUT2D eigenvalue weighted by Crippen LogP contribution is -2.33. The number of benzene rings is 1. The minimum absolute atomic E-state index is 0.0712. The lowest BCUT2D eigenvalue weighted by molar-refractivity contribution is 0.0947. The highest BCUT2D eigenvalue weighted by Crippen LogP contribution is 2.23. The van der Waals surface area contributed by atoms with Crippen LogP contribution in [0.4, 0.5) is 0 Å². The second kappa shape index (κ2) is 7.64. The smallest absolute Gasteiger partial charge is 0.255 e. The van der Waals surface area contributed by atoms with E-state index in [1.165, 1.54) is 12.8 Å². The lowest BCUT2D eigenvalue weighted by atomic mass is 9.96. The average Bonchev–Trinajstić information content (AvgIpc) is 2.48. The van der Waals surface area contributed by atoms with Gasteiger partial charge in [0.1, 0.15) is 5.75 Å². The van der Waals surface area contributed by atoms with Crippen LogP contribution >= 0.6 is 15.9 Å². The molecule has 1 unspecified atom stereocenters. The Kier molecular flexibility index (Phi) is 5.86. The van der Waals surface area contributed by atoms with Crippen molar-refractivity contribution in [2.24, 2.45) is 5.92 Å². The van der Waals surface area contributed by atoms with E-state index >= 15 is 0 Å². The molecule has 0 spiro atoms. The molecule has 1 heterocycles. The zero-order chi connectivity index (χ0) is 14.4. The maximum atomic E-state index is 12.2. The normalized spacial score (nSPS) is 18.6. The zero-order valence-corrected chi connectivity index (χ0v) is 13.3. The van der Waals surface area contributed by atoms with Crippen LogP contribution in [0.2, 0.25) is 0 Å². The molecule has 0 aliphatic carbocycles. The summed E-state index contributed by atoms with van der Waals surface area (Å²) < 4.78 is 6.14. The van der Waals surface area contributed by atoms with Gasteiger partial charge in [0.25, 0.3) is 5.91 Å². The van der Waals surface area contributed by atoms with Crippen molar-refractivity contribution in [3.05, 3.63) is 28.2 Å². The summed E-state index contributed by atoms with van der Waals surface area (Å²) in [5, 5.41) is 6.37. The topological polar surface area (TPSA) is 50.4 Å². The first-order valence-corrected chi connectivity index (χ1v) is 7.82. The van der Waals surface area contributed by atoms with Crippen LogP contribution in [0.1, 0.15) is 29.6 Å². The highest BCUT2D eigenvalue weighted by atomic mass is 79.9. The van der Waals surface area contributed by atoms with Gasteiger partial charge >= 0.3 is 0 Å². The second-order valence-electron chi connectivity index (χ2n) is 5.10. The first-order chi connectivity index (χ1) is 9.70. The molecule has 0 saturated carbocycles. The van der Waals surface area contributed by atoms with Crippen molar-refractivity contribution < 1.29 is 9.53 Å². The van der Waals surface area contributed by atoms with Crippen LogP contribution in [-0.2, 0) is 0 Å². The summed E-state index contributed by atoms with van der Waals surface area (Å²) in [5.74, 6) is 1.20. The van der Waals surface area contributed by atoms with Gasteiger partial charge in [-0.15, -0.1) is 0 Å². The van der Waals surface area contributed by atoms with E-state index in [0.717, 1.165) is 24.0 Å². The van der Waals surface area contributed by atoms with Gasteiger partial charge in [0, 0.05) is 11.0 Å². The van der Waals surface area contributed by atoms with Crippen LogP contribution in [-0.4, -0.2) is 32.7 Å². The molecule has 2 N–H and O–H groups in total. The lowest BCUT2D eigenvalue weighted by Gasteiger charge is -2.22. The molecule has 1 aliphatic heterocycles. The predicted molar refractivity (Wildman–Crippen MR) is 83.2 cm³/mol. The fourth-order valence-electron chi connectivity index (χ4n) is 2.51. The van der Waals surface area contributed by atoms with Crippen molar-refractivity contribution in [2.45, 2.75) is 19.3 Å². The van der Waals surface area contributed by atoms with Crippen molar-refractivity contribution in [3.63, 3.8) is 0 Å². The predicted octanol–water partition coefficient (Wildman–Crippen LogP) is 2.58. The van der Waals surface area contributed by atoms with E-state index in [1.54, 1.807) is 19.2 Å². The number of hydrogen-bond acceptors (Lipinski definition) is 3. The van der Waals surface area contributed by atoms with Crippen molar-refractivity contribution in [1.82, 2.24) is 10.6 Å². The fraction of sp³-hybridized carbons (Fsp3) is 0.533. The van der Waals surface area contributed by atoms with Crippen LogP contribution < -0.4 is 15.4 Å².